The van der Waals surface area contributed by atoms with E-state index in [9.17, 15) is 0 Å². The minimum Gasteiger partial charge on any atom is -0.303 e. The van der Waals surface area contributed by atoms with Crippen LogP contribution >= 0.6 is 0 Å². The minimum absolute atomic E-state index is 0.414. The van der Waals surface area contributed by atoms with Gasteiger partial charge in [0.25, 0.3) is 0 Å². The van der Waals surface area contributed by atoms with Gasteiger partial charge in [-0.2, -0.15) is 0 Å². The molecule has 0 aromatic heterocycles. The molecule has 0 amide bonds. The van der Waals surface area contributed by atoms with E-state index in [4.69, 9.17) is 0 Å². The van der Waals surface area contributed by atoms with Crippen LogP contribution in [-0.4, -0.2) is 73.1 Å². The summed E-state index contributed by atoms with van der Waals surface area (Å²) in [6.07, 6.45) is 7.02. The highest BCUT2D eigenvalue weighted by molar-refractivity contribution is 4.81. The van der Waals surface area contributed by atoms with Crippen LogP contribution in [0.5, 0.6) is 0 Å². The van der Waals surface area contributed by atoms with Crippen molar-refractivity contribution in [2.24, 2.45) is 5.41 Å². The van der Waals surface area contributed by atoms with Gasteiger partial charge in [0.15, 0.2) is 0 Å². The van der Waals surface area contributed by atoms with Crippen LogP contribution in [0.15, 0.2) is 0 Å². The number of likely N-dealkylation sites (tertiary alicyclic amines) is 1. The molecular weight excluding hydrogens is 270 g/mol. The van der Waals surface area contributed by atoms with Gasteiger partial charge < -0.3 is 9.80 Å². The molecule has 0 atom stereocenters. The molecule has 0 spiro atoms. The third-order valence-electron chi connectivity index (χ3n) is 5.36. The number of rotatable bonds is 5. The SMILES string of the molecule is CC(C)N1CCCN(CC(C)(C)CN2CCCCCC2)CC1. The zero-order valence-corrected chi connectivity index (χ0v) is 15.6. The molecule has 2 aliphatic heterocycles. The number of hydrogen-bond acceptors (Lipinski definition) is 3. The molecule has 2 fully saturated rings. The van der Waals surface area contributed by atoms with Crippen LogP contribution in [0.25, 0.3) is 0 Å². The predicted molar refractivity (Wildman–Crippen MR) is 96.5 cm³/mol. The van der Waals surface area contributed by atoms with Crippen LogP contribution in [0.3, 0.4) is 0 Å². The molecule has 2 rings (SSSR count). The second-order valence-electron chi connectivity index (χ2n) is 8.61. The maximum atomic E-state index is 2.73. The Morgan fingerprint density at radius 1 is 0.682 bits per heavy atom. The predicted octanol–water partition coefficient (Wildman–Crippen LogP) is 3.30. The second-order valence-corrected chi connectivity index (χ2v) is 8.61. The molecule has 0 aromatic rings. The Kier molecular flexibility index (Phi) is 7.17. The van der Waals surface area contributed by atoms with Gasteiger partial charge in [-0.3, -0.25) is 4.90 Å². The quantitative estimate of drug-likeness (QED) is 0.771. The monoisotopic (exact) mass is 309 g/mol. The van der Waals surface area contributed by atoms with Crippen molar-refractivity contribution in [3.63, 3.8) is 0 Å². The molecular formula is C19H39N3. The Morgan fingerprint density at radius 2 is 1.23 bits per heavy atom. The Labute approximate surface area is 139 Å². The molecule has 3 nitrogen and oxygen atoms in total. The highest BCUT2D eigenvalue weighted by atomic mass is 15.2. The lowest BCUT2D eigenvalue weighted by Gasteiger charge is -2.36. The highest BCUT2D eigenvalue weighted by Crippen LogP contribution is 2.22. The third kappa shape index (κ3) is 6.17. The van der Waals surface area contributed by atoms with Crippen molar-refractivity contribution in [3.8, 4) is 0 Å². The third-order valence-corrected chi connectivity index (χ3v) is 5.36. The molecule has 22 heavy (non-hydrogen) atoms. The van der Waals surface area contributed by atoms with Gasteiger partial charge in [0, 0.05) is 32.2 Å². The van der Waals surface area contributed by atoms with Crippen molar-refractivity contribution in [2.75, 3.05) is 52.4 Å². The molecule has 130 valence electrons. The fraction of sp³-hybridized carbons (Fsp3) is 1.00. The molecule has 0 radical (unpaired) electrons. The maximum Gasteiger partial charge on any atom is 0.0112 e. The summed E-state index contributed by atoms with van der Waals surface area (Å²) < 4.78 is 0. The van der Waals surface area contributed by atoms with E-state index in [2.05, 4.69) is 42.4 Å². The first-order valence-electron chi connectivity index (χ1n) is 9.65. The van der Waals surface area contributed by atoms with Crippen molar-refractivity contribution in [2.45, 2.75) is 65.8 Å². The second kappa shape index (κ2) is 8.65. The van der Waals surface area contributed by atoms with E-state index in [1.165, 1.54) is 84.5 Å². The molecule has 0 aromatic carbocycles. The van der Waals surface area contributed by atoms with Gasteiger partial charge >= 0.3 is 0 Å². The summed E-state index contributed by atoms with van der Waals surface area (Å²) in [5.74, 6) is 0. The molecule has 2 heterocycles. The van der Waals surface area contributed by atoms with E-state index in [0.29, 0.717) is 11.5 Å². The minimum atomic E-state index is 0.414. The van der Waals surface area contributed by atoms with Gasteiger partial charge in [0.05, 0.1) is 0 Å². The Bertz CT molecular complexity index is 306. The largest absolute Gasteiger partial charge is 0.303 e. The van der Waals surface area contributed by atoms with Crippen molar-refractivity contribution in [3.05, 3.63) is 0 Å². The molecule has 2 aliphatic rings. The smallest absolute Gasteiger partial charge is 0.0112 e. The van der Waals surface area contributed by atoms with Gasteiger partial charge in [-0.15, -0.1) is 0 Å². The molecule has 0 aliphatic carbocycles. The first kappa shape index (κ1) is 18.2. The summed E-state index contributed by atoms with van der Waals surface area (Å²) in [4.78, 5) is 8.09. The normalized spacial score (nSPS) is 24.4. The van der Waals surface area contributed by atoms with Gasteiger partial charge in [0.2, 0.25) is 0 Å². The van der Waals surface area contributed by atoms with Gasteiger partial charge in [-0.05, 0) is 64.7 Å². The van der Waals surface area contributed by atoms with E-state index >= 15 is 0 Å². The van der Waals surface area contributed by atoms with Crippen LogP contribution < -0.4 is 0 Å². The average molecular weight is 310 g/mol. The van der Waals surface area contributed by atoms with E-state index < -0.39 is 0 Å². The summed E-state index contributed by atoms with van der Waals surface area (Å²) in [5, 5.41) is 0. The van der Waals surface area contributed by atoms with Gasteiger partial charge in [0.1, 0.15) is 0 Å². The first-order chi connectivity index (χ1) is 10.5. The van der Waals surface area contributed by atoms with Gasteiger partial charge in [-0.1, -0.05) is 26.7 Å². The summed E-state index contributed by atoms with van der Waals surface area (Å²) in [6.45, 7) is 19.9. The van der Waals surface area contributed by atoms with Crippen LogP contribution in [0, 0.1) is 5.41 Å². The Balaban J connectivity index is 1.80. The molecule has 2 saturated heterocycles. The summed E-state index contributed by atoms with van der Waals surface area (Å²) >= 11 is 0. The lowest BCUT2D eigenvalue weighted by molar-refractivity contribution is 0.122. The van der Waals surface area contributed by atoms with Crippen molar-refractivity contribution in [1.29, 1.82) is 0 Å². The molecule has 0 N–H and O–H groups in total. The van der Waals surface area contributed by atoms with Crippen molar-refractivity contribution >= 4 is 0 Å². The maximum absolute atomic E-state index is 2.73. The van der Waals surface area contributed by atoms with Gasteiger partial charge in [-0.25, -0.2) is 0 Å². The zero-order valence-electron chi connectivity index (χ0n) is 15.6. The summed E-state index contributed by atoms with van der Waals surface area (Å²) in [5.41, 5.74) is 0.414. The zero-order chi connectivity index (χ0) is 16.0. The molecule has 3 heteroatoms. The van der Waals surface area contributed by atoms with Crippen LogP contribution in [-0.2, 0) is 0 Å². The fourth-order valence-corrected chi connectivity index (χ4v) is 4.22. The Hall–Kier alpha value is -0.120. The molecule has 0 bridgehead atoms. The fourth-order valence-electron chi connectivity index (χ4n) is 4.22. The lowest BCUT2D eigenvalue weighted by atomic mass is 9.91. The lowest BCUT2D eigenvalue weighted by Crippen LogP contribution is -2.44. The first-order valence-corrected chi connectivity index (χ1v) is 9.65. The van der Waals surface area contributed by atoms with E-state index in [1.807, 2.05) is 0 Å². The van der Waals surface area contributed by atoms with E-state index in [-0.39, 0.29) is 0 Å². The van der Waals surface area contributed by atoms with Crippen molar-refractivity contribution < 1.29 is 0 Å². The standard InChI is InChI=1S/C19H39N3/c1-18(2)22-13-9-12-21(14-15-22)17-19(3,4)16-20-10-7-5-6-8-11-20/h18H,5-17H2,1-4H3. The molecule has 0 unspecified atom stereocenters. The van der Waals surface area contributed by atoms with Crippen LogP contribution in [0.4, 0.5) is 0 Å². The number of hydrogen-bond donors (Lipinski definition) is 0. The van der Waals surface area contributed by atoms with Crippen molar-refractivity contribution in [1.82, 2.24) is 14.7 Å². The molecule has 0 saturated carbocycles. The van der Waals surface area contributed by atoms with Crippen LogP contribution in [0.2, 0.25) is 0 Å². The highest BCUT2D eigenvalue weighted by Gasteiger charge is 2.26. The average Bonchev–Trinajstić information content (AvgIpc) is 2.80. The summed E-state index contributed by atoms with van der Waals surface area (Å²) in [7, 11) is 0. The van der Waals surface area contributed by atoms with Crippen LogP contribution in [0.1, 0.15) is 59.8 Å². The Morgan fingerprint density at radius 3 is 1.82 bits per heavy atom. The number of nitrogens with zero attached hydrogens (tertiary/aromatic N) is 3. The van der Waals surface area contributed by atoms with E-state index in [1.54, 1.807) is 0 Å². The topological polar surface area (TPSA) is 9.72 Å². The summed E-state index contributed by atoms with van der Waals surface area (Å²) in [6, 6.07) is 0.699. The van der Waals surface area contributed by atoms with E-state index in [0.717, 1.165) is 0 Å².